The van der Waals surface area contributed by atoms with Gasteiger partial charge in [0.05, 0.1) is 0 Å². The second-order valence-corrected chi connectivity index (χ2v) is 7.26. The molecule has 21 heavy (non-hydrogen) atoms. The molecule has 0 atom stereocenters. The summed E-state index contributed by atoms with van der Waals surface area (Å²) in [7, 11) is 0. The average molecular weight is 402 g/mol. The molecular formula is C15H17INO4-. The maximum absolute atomic E-state index is 12.2. The van der Waals surface area contributed by atoms with Crippen molar-refractivity contribution >= 4 is 17.1 Å². The summed E-state index contributed by atoms with van der Waals surface area (Å²) in [4.78, 5) is 28.7. The zero-order valence-electron chi connectivity index (χ0n) is 12.4. The standard InChI is InChI=1S/C15H17INO4/c1-5-8-9(6-7-16-20)10-13(12(19)11(8)18)21-14(17-10)15(2,3)4/h5-6,20H,7H2,1-4H3/q-1/b8-5+,9-6+. The Morgan fingerprint density at radius 3 is 2.43 bits per heavy atom. The summed E-state index contributed by atoms with van der Waals surface area (Å²) >= 11 is -0.935. The molecule has 0 aromatic carbocycles. The van der Waals surface area contributed by atoms with Crippen LogP contribution in [0.3, 0.4) is 0 Å². The summed E-state index contributed by atoms with van der Waals surface area (Å²) in [6.07, 6.45) is 3.37. The molecule has 5 nitrogen and oxygen atoms in total. The third-order valence-electron chi connectivity index (χ3n) is 3.11. The number of hydrogen-bond acceptors (Lipinski definition) is 5. The molecule has 0 unspecified atom stereocenters. The molecule has 0 saturated carbocycles. The Balaban J connectivity index is 2.68. The second-order valence-electron chi connectivity index (χ2n) is 5.70. The Morgan fingerprint density at radius 1 is 1.24 bits per heavy atom. The number of nitrogens with zero attached hydrogens (tertiary/aromatic N) is 1. The SMILES string of the molecule is C/C=C1/C(=O)C(=O)c2oc(C(C)(C)C)nc2/C1=C/C[I-]O. The van der Waals surface area contributed by atoms with Gasteiger partial charge in [-0.3, -0.25) is 0 Å². The van der Waals surface area contributed by atoms with Gasteiger partial charge in [-0.05, 0) is 0 Å². The Hall–Kier alpha value is -1.28. The molecule has 0 bridgehead atoms. The zero-order chi connectivity index (χ0) is 15.8. The minimum absolute atomic E-state index is 0.0120. The van der Waals surface area contributed by atoms with Crippen LogP contribution in [-0.4, -0.2) is 24.4 Å². The predicted molar refractivity (Wildman–Crippen MR) is 73.4 cm³/mol. The summed E-state index contributed by atoms with van der Waals surface area (Å²) in [5.41, 5.74) is 0.977. The first-order valence-corrected chi connectivity index (χ1v) is 9.00. The number of fused-ring (bicyclic) bond motifs is 1. The third kappa shape index (κ3) is 2.87. The number of aromatic nitrogens is 1. The van der Waals surface area contributed by atoms with Gasteiger partial charge in [-0.1, -0.05) is 0 Å². The second kappa shape index (κ2) is 5.84. The van der Waals surface area contributed by atoms with Gasteiger partial charge in [0.15, 0.2) is 0 Å². The van der Waals surface area contributed by atoms with Crippen LogP contribution in [0.15, 0.2) is 22.1 Å². The number of rotatable bonds is 2. The molecule has 1 aliphatic carbocycles. The van der Waals surface area contributed by atoms with Gasteiger partial charge in [0.1, 0.15) is 0 Å². The van der Waals surface area contributed by atoms with Gasteiger partial charge in [-0.2, -0.15) is 0 Å². The van der Waals surface area contributed by atoms with Gasteiger partial charge >= 0.3 is 134 Å². The van der Waals surface area contributed by atoms with Gasteiger partial charge in [0.25, 0.3) is 0 Å². The van der Waals surface area contributed by atoms with E-state index in [0.29, 0.717) is 27.2 Å². The van der Waals surface area contributed by atoms with E-state index in [0.717, 1.165) is 0 Å². The van der Waals surface area contributed by atoms with Gasteiger partial charge in [0, 0.05) is 0 Å². The first-order valence-electron chi connectivity index (χ1n) is 6.51. The number of alkyl halides is 1. The molecule has 0 fully saturated rings. The van der Waals surface area contributed by atoms with E-state index in [9.17, 15) is 9.59 Å². The molecule has 0 amide bonds. The van der Waals surface area contributed by atoms with E-state index in [4.69, 9.17) is 7.85 Å². The number of carbonyl (C=O) groups is 2. The van der Waals surface area contributed by atoms with Crippen molar-refractivity contribution in [2.24, 2.45) is 0 Å². The first-order chi connectivity index (χ1) is 9.81. The molecule has 1 heterocycles. The van der Waals surface area contributed by atoms with Gasteiger partial charge in [0.2, 0.25) is 0 Å². The van der Waals surface area contributed by atoms with Crippen LogP contribution < -0.4 is 21.6 Å². The molecular weight excluding hydrogens is 385 g/mol. The van der Waals surface area contributed by atoms with Crippen molar-refractivity contribution < 1.29 is 39.1 Å². The van der Waals surface area contributed by atoms with Crippen molar-refractivity contribution in [2.75, 3.05) is 4.43 Å². The zero-order valence-corrected chi connectivity index (χ0v) is 14.5. The number of Topliss-reactive ketones (excluding diaryl/α,β-unsaturated/α-hetero) is 2. The molecule has 0 radical (unpaired) electrons. The first kappa shape index (κ1) is 16.1. The summed E-state index contributed by atoms with van der Waals surface area (Å²) in [6.45, 7) is 7.49. The summed E-state index contributed by atoms with van der Waals surface area (Å²) in [5.74, 6) is -0.797. The Kier molecular flexibility index (Phi) is 4.48. The van der Waals surface area contributed by atoms with Crippen LogP contribution in [0.2, 0.25) is 0 Å². The predicted octanol–water partition coefficient (Wildman–Crippen LogP) is -0.936. The van der Waals surface area contributed by atoms with Crippen molar-refractivity contribution in [2.45, 2.75) is 33.1 Å². The number of allylic oxidation sites excluding steroid dienone is 4. The number of carbonyl (C=O) groups excluding carboxylic acids is 2. The molecule has 1 N–H and O–H groups in total. The molecule has 1 aliphatic rings. The molecule has 114 valence electrons. The maximum atomic E-state index is 12.2. The van der Waals surface area contributed by atoms with Crippen LogP contribution in [0.5, 0.6) is 0 Å². The number of ketones is 2. The molecule has 0 spiro atoms. The van der Waals surface area contributed by atoms with Gasteiger partial charge < -0.3 is 0 Å². The molecule has 0 saturated heterocycles. The molecule has 0 aliphatic heterocycles. The fraction of sp³-hybridized carbons (Fsp3) is 0.400. The molecule has 6 heteroatoms. The molecule has 1 aromatic rings. The molecule has 1 aromatic heterocycles. The van der Waals surface area contributed by atoms with Crippen LogP contribution in [0.25, 0.3) is 5.57 Å². The third-order valence-corrected chi connectivity index (χ3v) is 3.94. The number of hydrogen-bond donors (Lipinski definition) is 1. The summed E-state index contributed by atoms with van der Waals surface area (Å²) in [6, 6.07) is 0. The number of halogens is 1. The van der Waals surface area contributed by atoms with Crippen LogP contribution >= 0.6 is 0 Å². The van der Waals surface area contributed by atoms with Crippen molar-refractivity contribution in [1.82, 2.24) is 4.98 Å². The van der Waals surface area contributed by atoms with Crippen LogP contribution in [0, 0.1) is 0 Å². The fourth-order valence-corrected chi connectivity index (χ4v) is 2.69. The Labute approximate surface area is 133 Å². The number of oxazole rings is 1. The van der Waals surface area contributed by atoms with Crippen LogP contribution in [-0.2, 0) is 10.2 Å². The van der Waals surface area contributed by atoms with Crippen molar-refractivity contribution in [3.63, 3.8) is 0 Å². The minimum atomic E-state index is -0.935. The van der Waals surface area contributed by atoms with Crippen molar-refractivity contribution in [3.8, 4) is 0 Å². The van der Waals surface area contributed by atoms with Crippen molar-refractivity contribution in [3.05, 3.63) is 35.1 Å². The summed E-state index contributed by atoms with van der Waals surface area (Å²) < 4.78 is 15.1. The normalized spacial score (nSPS) is 19.7. The van der Waals surface area contributed by atoms with E-state index in [2.05, 4.69) is 4.98 Å². The van der Waals surface area contributed by atoms with Crippen LogP contribution in [0.1, 0.15) is 49.8 Å². The van der Waals surface area contributed by atoms with E-state index in [1.54, 1.807) is 19.1 Å². The van der Waals surface area contributed by atoms with E-state index in [1.165, 1.54) is 0 Å². The van der Waals surface area contributed by atoms with E-state index < -0.39 is 33.2 Å². The van der Waals surface area contributed by atoms with E-state index in [1.807, 2.05) is 20.8 Å². The van der Waals surface area contributed by atoms with Gasteiger partial charge in [-0.25, -0.2) is 0 Å². The van der Waals surface area contributed by atoms with Gasteiger partial charge in [-0.15, -0.1) is 0 Å². The fourth-order valence-electron chi connectivity index (χ4n) is 2.06. The topological polar surface area (TPSA) is 80.4 Å². The quantitative estimate of drug-likeness (QED) is 0.299. The van der Waals surface area contributed by atoms with Crippen molar-refractivity contribution in [1.29, 1.82) is 0 Å². The molecule has 2 rings (SSSR count). The monoisotopic (exact) mass is 402 g/mol. The Morgan fingerprint density at radius 2 is 1.90 bits per heavy atom. The average Bonchev–Trinajstić information content (AvgIpc) is 2.86. The van der Waals surface area contributed by atoms with E-state index >= 15 is 0 Å². The Bertz CT molecular complexity index is 662. The summed E-state index contributed by atoms with van der Waals surface area (Å²) in [5, 5.41) is 0. The van der Waals surface area contributed by atoms with E-state index in [-0.39, 0.29) is 11.2 Å². The van der Waals surface area contributed by atoms with Crippen LogP contribution in [0.4, 0.5) is 0 Å².